The second-order valence-corrected chi connectivity index (χ2v) is 4.55. The minimum absolute atomic E-state index is 0.00523. The average Bonchev–Trinajstić information content (AvgIpc) is 2.36. The summed E-state index contributed by atoms with van der Waals surface area (Å²) in [6, 6.07) is -0.441. The van der Waals surface area contributed by atoms with Crippen LogP contribution in [0, 0.1) is 5.92 Å². The molecule has 0 aromatic heterocycles. The minimum atomic E-state index is -0.441. The highest BCUT2D eigenvalue weighted by Crippen LogP contribution is 2.11. The van der Waals surface area contributed by atoms with Gasteiger partial charge < -0.3 is 16.0 Å². The largest absolute Gasteiger partial charge is 0.354 e. The first-order valence-electron chi connectivity index (χ1n) is 6.44. The van der Waals surface area contributed by atoms with Gasteiger partial charge in [0.15, 0.2) is 0 Å². The quantitative estimate of drug-likeness (QED) is 0.635. The molecule has 1 rings (SSSR count). The number of hydrogen-bond donors (Lipinski definition) is 3. The molecule has 1 heterocycles. The zero-order chi connectivity index (χ0) is 12.7. The van der Waals surface area contributed by atoms with Crippen LogP contribution in [0.5, 0.6) is 0 Å². The SMILES string of the molecule is CCCNC(=O)C(C)NC(=O)C1CCNCC1. The number of hydrogen-bond acceptors (Lipinski definition) is 3. The zero-order valence-electron chi connectivity index (χ0n) is 10.7. The molecule has 1 fully saturated rings. The van der Waals surface area contributed by atoms with Crippen molar-refractivity contribution >= 4 is 11.8 Å². The summed E-state index contributed by atoms with van der Waals surface area (Å²) >= 11 is 0. The number of rotatable bonds is 5. The second-order valence-electron chi connectivity index (χ2n) is 4.55. The van der Waals surface area contributed by atoms with Crippen molar-refractivity contribution in [2.75, 3.05) is 19.6 Å². The Morgan fingerprint density at radius 3 is 2.59 bits per heavy atom. The van der Waals surface area contributed by atoms with Crippen LogP contribution in [-0.4, -0.2) is 37.5 Å². The van der Waals surface area contributed by atoms with E-state index in [1.54, 1.807) is 6.92 Å². The lowest BCUT2D eigenvalue weighted by molar-refractivity contribution is -0.131. The summed E-state index contributed by atoms with van der Waals surface area (Å²) in [5.74, 6) is -0.0440. The highest BCUT2D eigenvalue weighted by molar-refractivity contribution is 5.88. The van der Waals surface area contributed by atoms with Crippen LogP contribution in [-0.2, 0) is 9.59 Å². The maximum atomic E-state index is 11.9. The number of piperidine rings is 1. The van der Waals surface area contributed by atoms with Gasteiger partial charge in [0.2, 0.25) is 11.8 Å². The van der Waals surface area contributed by atoms with Crippen LogP contribution in [0.25, 0.3) is 0 Å². The molecular formula is C12H23N3O2. The van der Waals surface area contributed by atoms with E-state index in [0.29, 0.717) is 6.54 Å². The van der Waals surface area contributed by atoms with Gasteiger partial charge in [-0.3, -0.25) is 9.59 Å². The maximum absolute atomic E-state index is 11.9. The van der Waals surface area contributed by atoms with E-state index in [2.05, 4.69) is 16.0 Å². The molecule has 98 valence electrons. The molecule has 0 aliphatic carbocycles. The summed E-state index contributed by atoms with van der Waals surface area (Å²) in [5.41, 5.74) is 0. The summed E-state index contributed by atoms with van der Waals surface area (Å²) in [5, 5.41) is 8.77. The monoisotopic (exact) mass is 241 g/mol. The van der Waals surface area contributed by atoms with Crippen LogP contribution in [0.15, 0.2) is 0 Å². The molecule has 1 aliphatic rings. The van der Waals surface area contributed by atoms with E-state index in [0.717, 1.165) is 32.4 Å². The van der Waals surface area contributed by atoms with Crippen molar-refractivity contribution in [3.63, 3.8) is 0 Å². The number of amides is 2. The van der Waals surface area contributed by atoms with E-state index < -0.39 is 6.04 Å². The van der Waals surface area contributed by atoms with Gasteiger partial charge in [-0.25, -0.2) is 0 Å². The van der Waals surface area contributed by atoms with Crippen molar-refractivity contribution in [2.45, 2.75) is 39.2 Å². The Bertz CT molecular complexity index is 262. The van der Waals surface area contributed by atoms with Gasteiger partial charge in [0.1, 0.15) is 6.04 Å². The summed E-state index contributed by atoms with van der Waals surface area (Å²) in [4.78, 5) is 23.4. The van der Waals surface area contributed by atoms with Crippen molar-refractivity contribution in [3.05, 3.63) is 0 Å². The van der Waals surface area contributed by atoms with E-state index in [1.807, 2.05) is 6.92 Å². The third-order valence-electron chi connectivity index (χ3n) is 3.01. The van der Waals surface area contributed by atoms with Gasteiger partial charge >= 0.3 is 0 Å². The summed E-state index contributed by atoms with van der Waals surface area (Å²) < 4.78 is 0. The predicted octanol–water partition coefficient (Wildman–Crippen LogP) is 0.0169. The fourth-order valence-corrected chi connectivity index (χ4v) is 1.88. The molecule has 0 saturated carbocycles. The Morgan fingerprint density at radius 1 is 1.35 bits per heavy atom. The summed E-state index contributed by atoms with van der Waals surface area (Å²) in [6.07, 6.45) is 2.62. The number of nitrogens with one attached hydrogen (secondary N) is 3. The molecule has 0 spiro atoms. The standard InChI is InChI=1S/C12H23N3O2/c1-3-6-14-11(16)9(2)15-12(17)10-4-7-13-8-5-10/h9-10,13H,3-8H2,1-2H3,(H,14,16)(H,15,17). The van der Waals surface area contributed by atoms with Crippen molar-refractivity contribution in [1.82, 2.24) is 16.0 Å². The number of carbonyl (C=O) groups excluding carboxylic acids is 2. The first kappa shape index (κ1) is 14.0. The summed E-state index contributed by atoms with van der Waals surface area (Å²) in [6.45, 7) is 6.15. The lowest BCUT2D eigenvalue weighted by atomic mass is 9.97. The van der Waals surface area contributed by atoms with Gasteiger partial charge in [0.25, 0.3) is 0 Å². The maximum Gasteiger partial charge on any atom is 0.242 e. The van der Waals surface area contributed by atoms with Crippen molar-refractivity contribution < 1.29 is 9.59 Å². The smallest absolute Gasteiger partial charge is 0.242 e. The van der Waals surface area contributed by atoms with Gasteiger partial charge in [-0.05, 0) is 39.3 Å². The minimum Gasteiger partial charge on any atom is -0.354 e. The fourth-order valence-electron chi connectivity index (χ4n) is 1.88. The van der Waals surface area contributed by atoms with Crippen LogP contribution >= 0.6 is 0 Å². The molecule has 2 amide bonds. The second kappa shape index (κ2) is 7.27. The van der Waals surface area contributed by atoms with Crippen molar-refractivity contribution in [3.8, 4) is 0 Å². The Labute approximate surface area is 103 Å². The van der Waals surface area contributed by atoms with Crippen molar-refractivity contribution in [2.24, 2.45) is 5.92 Å². The van der Waals surface area contributed by atoms with Gasteiger partial charge in [0.05, 0.1) is 0 Å². The third kappa shape index (κ3) is 4.73. The zero-order valence-corrected chi connectivity index (χ0v) is 10.7. The first-order chi connectivity index (χ1) is 8.15. The Kier molecular flexibility index (Phi) is 5.97. The molecule has 0 aromatic carbocycles. The molecule has 0 aromatic rings. The summed E-state index contributed by atoms with van der Waals surface area (Å²) in [7, 11) is 0. The van der Waals surface area contributed by atoms with E-state index in [9.17, 15) is 9.59 Å². The predicted molar refractivity (Wildman–Crippen MR) is 66.5 cm³/mol. The molecule has 5 nitrogen and oxygen atoms in total. The molecule has 1 atom stereocenters. The Morgan fingerprint density at radius 2 is 2.00 bits per heavy atom. The topological polar surface area (TPSA) is 70.2 Å². The average molecular weight is 241 g/mol. The first-order valence-corrected chi connectivity index (χ1v) is 6.44. The van der Waals surface area contributed by atoms with Crippen molar-refractivity contribution in [1.29, 1.82) is 0 Å². The van der Waals surface area contributed by atoms with E-state index in [-0.39, 0.29) is 17.7 Å². The molecule has 17 heavy (non-hydrogen) atoms. The van der Waals surface area contributed by atoms with Gasteiger partial charge in [-0.2, -0.15) is 0 Å². The molecule has 1 unspecified atom stereocenters. The molecule has 0 radical (unpaired) electrons. The molecule has 1 aliphatic heterocycles. The van der Waals surface area contributed by atoms with Gasteiger partial charge in [-0.15, -0.1) is 0 Å². The van der Waals surface area contributed by atoms with E-state index in [4.69, 9.17) is 0 Å². The van der Waals surface area contributed by atoms with E-state index in [1.165, 1.54) is 0 Å². The third-order valence-corrected chi connectivity index (χ3v) is 3.01. The molecule has 0 bridgehead atoms. The highest BCUT2D eigenvalue weighted by Gasteiger charge is 2.23. The van der Waals surface area contributed by atoms with Gasteiger partial charge in [0, 0.05) is 12.5 Å². The molecule has 3 N–H and O–H groups in total. The number of carbonyl (C=O) groups is 2. The van der Waals surface area contributed by atoms with Crippen LogP contribution in [0.2, 0.25) is 0 Å². The Hall–Kier alpha value is -1.10. The Balaban J connectivity index is 2.31. The lowest BCUT2D eigenvalue weighted by Crippen LogP contribution is -2.48. The normalized spacial score (nSPS) is 18.5. The fraction of sp³-hybridized carbons (Fsp3) is 0.833. The van der Waals surface area contributed by atoms with Crippen LogP contribution in [0.1, 0.15) is 33.1 Å². The molecular weight excluding hydrogens is 218 g/mol. The van der Waals surface area contributed by atoms with Crippen LogP contribution in [0.3, 0.4) is 0 Å². The van der Waals surface area contributed by atoms with Crippen LogP contribution < -0.4 is 16.0 Å². The van der Waals surface area contributed by atoms with E-state index >= 15 is 0 Å². The van der Waals surface area contributed by atoms with Crippen LogP contribution in [0.4, 0.5) is 0 Å². The highest BCUT2D eigenvalue weighted by atomic mass is 16.2. The molecule has 5 heteroatoms. The lowest BCUT2D eigenvalue weighted by Gasteiger charge is -2.23. The molecule has 1 saturated heterocycles. The van der Waals surface area contributed by atoms with Gasteiger partial charge in [-0.1, -0.05) is 6.92 Å².